The van der Waals surface area contributed by atoms with Gasteiger partial charge in [0.25, 0.3) is 0 Å². The molecule has 148 valence electrons. The van der Waals surface area contributed by atoms with Gasteiger partial charge in [0.05, 0.1) is 50.1 Å². The number of halogens is 1. The predicted molar refractivity (Wildman–Crippen MR) is 106 cm³/mol. The molecule has 0 N–H and O–H groups in total. The lowest BCUT2D eigenvalue weighted by atomic mass is 9.83. The number of morpholine rings is 1. The first-order valence-corrected chi connectivity index (χ1v) is 11.2. The largest absolute Gasteiger partial charge is 0.381 e. The van der Waals surface area contributed by atoms with Crippen LogP contribution in [0.5, 0.6) is 0 Å². The van der Waals surface area contributed by atoms with Gasteiger partial charge in [-0.05, 0) is 31.8 Å². The number of hydrogen-bond acceptors (Lipinski definition) is 7. The zero-order valence-electron chi connectivity index (χ0n) is 15.6. The molecule has 1 aromatic heterocycles. The van der Waals surface area contributed by atoms with E-state index in [0.29, 0.717) is 0 Å². The van der Waals surface area contributed by atoms with Gasteiger partial charge in [-0.3, -0.25) is 9.32 Å². The van der Waals surface area contributed by atoms with Gasteiger partial charge in [0.15, 0.2) is 0 Å². The van der Waals surface area contributed by atoms with Gasteiger partial charge in [0, 0.05) is 37.0 Å². The Labute approximate surface area is 169 Å². The quantitative estimate of drug-likeness (QED) is 0.711. The standard InChI is InChI=1S/C19H27ClN4O2S/c20-24-9-16(23-5-7-25-8-6-23)19-17(10-24)27-18(21-19)11-22-3-1-14(2-4-22)15-12-26-13-15/h9,14-15H,1-8,10-13H2. The van der Waals surface area contributed by atoms with Crippen LogP contribution in [0.1, 0.15) is 28.4 Å². The van der Waals surface area contributed by atoms with Crippen molar-refractivity contribution in [1.29, 1.82) is 0 Å². The van der Waals surface area contributed by atoms with Crippen LogP contribution in [-0.2, 0) is 22.6 Å². The van der Waals surface area contributed by atoms with Crippen LogP contribution < -0.4 is 0 Å². The van der Waals surface area contributed by atoms with E-state index in [1.807, 2.05) is 17.5 Å². The van der Waals surface area contributed by atoms with E-state index in [4.69, 9.17) is 26.2 Å². The molecule has 5 rings (SSSR count). The second kappa shape index (κ2) is 7.87. The fourth-order valence-corrected chi connectivity index (χ4v) is 5.89. The molecule has 0 radical (unpaired) electrons. The van der Waals surface area contributed by atoms with Gasteiger partial charge < -0.3 is 14.4 Å². The summed E-state index contributed by atoms with van der Waals surface area (Å²) in [6, 6.07) is 0. The predicted octanol–water partition coefficient (Wildman–Crippen LogP) is 2.60. The molecule has 0 aliphatic carbocycles. The molecule has 0 aromatic carbocycles. The second-order valence-electron chi connectivity index (χ2n) is 7.96. The molecule has 3 saturated heterocycles. The summed E-state index contributed by atoms with van der Waals surface area (Å²) >= 11 is 8.21. The van der Waals surface area contributed by atoms with Gasteiger partial charge in [-0.2, -0.15) is 0 Å². The first kappa shape index (κ1) is 18.2. The van der Waals surface area contributed by atoms with Crippen LogP contribution in [0.3, 0.4) is 0 Å². The number of piperidine rings is 1. The maximum Gasteiger partial charge on any atom is 0.108 e. The smallest absolute Gasteiger partial charge is 0.108 e. The molecular weight excluding hydrogens is 384 g/mol. The molecule has 0 saturated carbocycles. The molecule has 0 bridgehead atoms. The lowest BCUT2D eigenvalue weighted by Gasteiger charge is -2.39. The SMILES string of the molecule is ClN1C=C(N2CCOCC2)c2nc(CN3CCC(C4COC4)CC3)sc2C1. The van der Waals surface area contributed by atoms with Crippen molar-refractivity contribution in [2.75, 3.05) is 52.6 Å². The van der Waals surface area contributed by atoms with Crippen molar-refractivity contribution in [3.05, 3.63) is 21.8 Å². The third-order valence-corrected chi connectivity index (χ3v) is 7.46. The molecule has 8 heteroatoms. The van der Waals surface area contributed by atoms with Gasteiger partial charge in [-0.1, -0.05) is 0 Å². The molecular formula is C19H27ClN4O2S. The van der Waals surface area contributed by atoms with Crippen molar-refractivity contribution in [1.82, 2.24) is 19.2 Å². The summed E-state index contributed by atoms with van der Waals surface area (Å²) in [5, 5.41) is 1.22. The molecule has 27 heavy (non-hydrogen) atoms. The molecule has 1 aromatic rings. The van der Waals surface area contributed by atoms with Crippen molar-refractivity contribution in [3.63, 3.8) is 0 Å². The Morgan fingerprint density at radius 3 is 2.56 bits per heavy atom. The molecule has 0 unspecified atom stereocenters. The summed E-state index contributed by atoms with van der Waals surface area (Å²) in [5.74, 6) is 1.68. The van der Waals surface area contributed by atoms with Crippen LogP contribution in [0.15, 0.2) is 6.20 Å². The second-order valence-corrected chi connectivity index (χ2v) is 9.56. The maximum absolute atomic E-state index is 6.38. The minimum absolute atomic E-state index is 0.742. The van der Waals surface area contributed by atoms with Crippen molar-refractivity contribution in [3.8, 4) is 0 Å². The van der Waals surface area contributed by atoms with Crippen LogP contribution in [0.25, 0.3) is 5.70 Å². The number of hydrogen-bond donors (Lipinski definition) is 0. The van der Waals surface area contributed by atoms with Crippen LogP contribution in [-0.4, -0.2) is 71.8 Å². The highest BCUT2D eigenvalue weighted by Crippen LogP contribution is 2.35. The van der Waals surface area contributed by atoms with E-state index in [1.165, 1.54) is 35.8 Å². The van der Waals surface area contributed by atoms with E-state index in [2.05, 4.69) is 9.80 Å². The highest BCUT2D eigenvalue weighted by molar-refractivity contribution is 7.11. The molecule has 6 nitrogen and oxygen atoms in total. The summed E-state index contributed by atoms with van der Waals surface area (Å²) in [6.45, 7) is 9.38. The van der Waals surface area contributed by atoms with Gasteiger partial charge in [-0.15, -0.1) is 11.3 Å². The van der Waals surface area contributed by atoms with Crippen molar-refractivity contribution >= 4 is 28.8 Å². The minimum atomic E-state index is 0.742. The normalized spacial score (nSPS) is 25.3. The summed E-state index contributed by atoms with van der Waals surface area (Å²) < 4.78 is 12.6. The minimum Gasteiger partial charge on any atom is -0.381 e. The monoisotopic (exact) mass is 410 g/mol. The fraction of sp³-hybridized carbons (Fsp3) is 0.737. The summed E-state index contributed by atoms with van der Waals surface area (Å²) in [7, 11) is 0. The molecule has 0 atom stereocenters. The van der Waals surface area contributed by atoms with E-state index in [9.17, 15) is 0 Å². The van der Waals surface area contributed by atoms with Crippen molar-refractivity contribution < 1.29 is 9.47 Å². The first-order chi connectivity index (χ1) is 13.3. The van der Waals surface area contributed by atoms with Crippen molar-refractivity contribution in [2.24, 2.45) is 11.8 Å². The maximum atomic E-state index is 6.38. The Balaban J connectivity index is 1.25. The first-order valence-electron chi connectivity index (χ1n) is 10.0. The zero-order chi connectivity index (χ0) is 18.2. The lowest BCUT2D eigenvalue weighted by Crippen LogP contribution is -2.41. The molecule has 3 fully saturated rings. The third kappa shape index (κ3) is 3.85. The Bertz CT molecular complexity index is 694. The Morgan fingerprint density at radius 1 is 1.07 bits per heavy atom. The van der Waals surface area contributed by atoms with E-state index in [1.54, 1.807) is 4.42 Å². The number of aromatic nitrogens is 1. The van der Waals surface area contributed by atoms with E-state index in [0.717, 1.165) is 75.8 Å². The number of fused-ring (bicyclic) bond motifs is 1. The highest BCUT2D eigenvalue weighted by Gasteiger charge is 2.32. The van der Waals surface area contributed by atoms with Gasteiger partial charge in [-0.25, -0.2) is 4.98 Å². The number of nitrogens with zero attached hydrogens (tertiary/aromatic N) is 4. The number of rotatable bonds is 4. The van der Waals surface area contributed by atoms with E-state index in [-0.39, 0.29) is 0 Å². The summed E-state index contributed by atoms with van der Waals surface area (Å²) in [6.07, 6.45) is 4.63. The third-order valence-electron chi connectivity index (χ3n) is 6.21. The van der Waals surface area contributed by atoms with Crippen molar-refractivity contribution in [2.45, 2.75) is 25.9 Å². The van der Waals surface area contributed by atoms with E-state index >= 15 is 0 Å². The fourth-order valence-electron chi connectivity index (χ4n) is 4.49. The number of ether oxygens (including phenoxy) is 2. The molecule has 0 amide bonds. The molecule has 4 aliphatic heterocycles. The number of likely N-dealkylation sites (tertiary alicyclic amines) is 1. The highest BCUT2D eigenvalue weighted by atomic mass is 35.5. The Hall–Kier alpha value is -0.860. The Morgan fingerprint density at radius 2 is 1.85 bits per heavy atom. The zero-order valence-corrected chi connectivity index (χ0v) is 17.2. The van der Waals surface area contributed by atoms with Gasteiger partial charge in [0.1, 0.15) is 10.7 Å². The molecule has 0 spiro atoms. The Kier molecular flexibility index (Phi) is 5.30. The van der Waals surface area contributed by atoms with Crippen LogP contribution in [0.4, 0.5) is 0 Å². The average Bonchev–Trinajstić information content (AvgIpc) is 3.04. The topological polar surface area (TPSA) is 41.1 Å². The van der Waals surface area contributed by atoms with Gasteiger partial charge in [0.2, 0.25) is 0 Å². The van der Waals surface area contributed by atoms with E-state index < -0.39 is 0 Å². The summed E-state index contributed by atoms with van der Waals surface area (Å²) in [5.41, 5.74) is 2.29. The summed E-state index contributed by atoms with van der Waals surface area (Å²) in [4.78, 5) is 11.2. The van der Waals surface area contributed by atoms with Gasteiger partial charge >= 0.3 is 0 Å². The number of thiazole rings is 1. The van der Waals surface area contributed by atoms with Crippen LogP contribution in [0.2, 0.25) is 0 Å². The molecule has 4 aliphatic rings. The lowest BCUT2D eigenvalue weighted by molar-refractivity contribution is -0.0726. The van der Waals surface area contributed by atoms with Crippen LogP contribution >= 0.6 is 23.1 Å². The molecule has 5 heterocycles. The van der Waals surface area contributed by atoms with Crippen LogP contribution in [0, 0.1) is 11.8 Å². The average molecular weight is 411 g/mol.